The molecule has 0 bridgehead atoms. The van der Waals surface area contributed by atoms with E-state index in [1.54, 1.807) is 18.5 Å². The van der Waals surface area contributed by atoms with Gasteiger partial charge in [0.25, 0.3) is 5.91 Å². The van der Waals surface area contributed by atoms with Crippen molar-refractivity contribution in [3.05, 3.63) is 70.2 Å². The zero-order valence-electron chi connectivity index (χ0n) is 12.9. The van der Waals surface area contributed by atoms with Crippen molar-refractivity contribution in [2.75, 3.05) is 5.32 Å². The van der Waals surface area contributed by atoms with Crippen LogP contribution in [-0.4, -0.2) is 20.7 Å². The Morgan fingerprint density at radius 1 is 1.21 bits per heavy atom. The van der Waals surface area contributed by atoms with Crippen LogP contribution in [0.4, 0.5) is 5.69 Å². The predicted molar refractivity (Wildman–Crippen MR) is 95.5 cm³/mol. The summed E-state index contributed by atoms with van der Waals surface area (Å²) in [5.41, 5.74) is 4.32. The van der Waals surface area contributed by atoms with Crippen LogP contribution >= 0.6 is 15.9 Å². The maximum absolute atomic E-state index is 12.7. The Labute approximate surface area is 147 Å². The van der Waals surface area contributed by atoms with E-state index < -0.39 is 0 Å². The van der Waals surface area contributed by atoms with Gasteiger partial charge < -0.3 is 5.32 Å². The molecule has 0 spiro atoms. The SMILES string of the molecule is O=C(Nc1cccnc1)c1nn(-c2cccc(Br)c2)c2c1CCC2. The molecule has 1 aromatic carbocycles. The quantitative estimate of drug-likeness (QED) is 0.749. The van der Waals surface area contributed by atoms with Gasteiger partial charge in [-0.3, -0.25) is 9.78 Å². The second-order valence-electron chi connectivity index (χ2n) is 5.71. The lowest BCUT2D eigenvalue weighted by Crippen LogP contribution is -2.15. The third-order valence-electron chi connectivity index (χ3n) is 4.12. The Morgan fingerprint density at radius 3 is 2.92 bits per heavy atom. The molecule has 0 atom stereocenters. The molecule has 1 aliphatic carbocycles. The number of anilines is 1. The van der Waals surface area contributed by atoms with E-state index >= 15 is 0 Å². The Balaban J connectivity index is 1.72. The fraction of sp³-hybridized carbons (Fsp3) is 0.167. The molecule has 6 heteroatoms. The smallest absolute Gasteiger partial charge is 0.276 e. The molecule has 24 heavy (non-hydrogen) atoms. The molecular weight excluding hydrogens is 368 g/mol. The highest BCUT2D eigenvalue weighted by Crippen LogP contribution is 2.29. The number of nitrogens with zero attached hydrogens (tertiary/aromatic N) is 3. The highest BCUT2D eigenvalue weighted by molar-refractivity contribution is 9.10. The van der Waals surface area contributed by atoms with Gasteiger partial charge in [0.15, 0.2) is 5.69 Å². The molecule has 0 radical (unpaired) electrons. The van der Waals surface area contributed by atoms with Crippen LogP contribution in [0.25, 0.3) is 5.69 Å². The summed E-state index contributed by atoms with van der Waals surface area (Å²) >= 11 is 3.49. The van der Waals surface area contributed by atoms with Crippen LogP contribution in [0.1, 0.15) is 28.2 Å². The minimum Gasteiger partial charge on any atom is -0.319 e. The normalized spacial score (nSPS) is 12.9. The number of benzene rings is 1. The van der Waals surface area contributed by atoms with E-state index in [0.29, 0.717) is 11.4 Å². The Bertz CT molecular complexity index is 905. The number of aromatic nitrogens is 3. The van der Waals surface area contributed by atoms with Crippen molar-refractivity contribution in [1.82, 2.24) is 14.8 Å². The van der Waals surface area contributed by atoms with Crippen LogP contribution in [0.2, 0.25) is 0 Å². The first-order chi connectivity index (χ1) is 11.7. The van der Waals surface area contributed by atoms with Crippen molar-refractivity contribution in [2.24, 2.45) is 0 Å². The number of nitrogens with one attached hydrogen (secondary N) is 1. The molecule has 2 aromatic heterocycles. The van der Waals surface area contributed by atoms with Crippen molar-refractivity contribution < 1.29 is 4.79 Å². The van der Waals surface area contributed by atoms with E-state index in [4.69, 9.17) is 0 Å². The van der Waals surface area contributed by atoms with Crippen LogP contribution in [0.5, 0.6) is 0 Å². The summed E-state index contributed by atoms with van der Waals surface area (Å²) < 4.78 is 2.88. The first-order valence-electron chi connectivity index (χ1n) is 7.80. The summed E-state index contributed by atoms with van der Waals surface area (Å²) in [4.78, 5) is 16.7. The number of fused-ring (bicyclic) bond motifs is 1. The van der Waals surface area contributed by atoms with Gasteiger partial charge in [0.05, 0.1) is 17.6 Å². The van der Waals surface area contributed by atoms with Crippen molar-refractivity contribution in [1.29, 1.82) is 0 Å². The highest BCUT2D eigenvalue weighted by Gasteiger charge is 2.27. The van der Waals surface area contributed by atoms with E-state index in [1.807, 2.05) is 35.0 Å². The van der Waals surface area contributed by atoms with Gasteiger partial charge in [0.2, 0.25) is 0 Å². The van der Waals surface area contributed by atoms with E-state index in [-0.39, 0.29) is 5.91 Å². The number of pyridine rings is 1. The fourth-order valence-electron chi connectivity index (χ4n) is 3.07. The summed E-state index contributed by atoms with van der Waals surface area (Å²) in [7, 11) is 0. The largest absolute Gasteiger partial charge is 0.319 e. The number of amides is 1. The van der Waals surface area contributed by atoms with Gasteiger partial charge in [-0.25, -0.2) is 4.68 Å². The van der Waals surface area contributed by atoms with Gasteiger partial charge in [-0.05, 0) is 49.6 Å². The van der Waals surface area contributed by atoms with E-state index in [0.717, 1.165) is 40.7 Å². The standard InChI is InChI=1S/C18H15BrN4O/c19-12-4-1-6-14(10-12)23-16-8-2-7-15(16)17(22-23)18(24)21-13-5-3-9-20-11-13/h1,3-6,9-11H,2,7-8H2,(H,21,24). The summed E-state index contributed by atoms with van der Waals surface area (Å²) in [6, 6.07) is 11.6. The van der Waals surface area contributed by atoms with Gasteiger partial charge in [-0.2, -0.15) is 5.10 Å². The first kappa shape index (κ1) is 15.1. The summed E-state index contributed by atoms with van der Waals surface area (Å²) in [5, 5.41) is 7.48. The Hall–Kier alpha value is -2.47. The van der Waals surface area contributed by atoms with Crippen molar-refractivity contribution >= 4 is 27.5 Å². The molecule has 5 nitrogen and oxygen atoms in total. The average Bonchev–Trinajstić information content (AvgIpc) is 3.18. The number of carbonyl (C=O) groups excluding carboxylic acids is 1. The van der Waals surface area contributed by atoms with Crippen LogP contribution in [-0.2, 0) is 12.8 Å². The minimum atomic E-state index is -0.185. The van der Waals surface area contributed by atoms with Crippen LogP contribution in [0.3, 0.4) is 0 Å². The molecule has 0 aliphatic heterocycles. The molecule has 0 saturated heterocycles. The maximum Gasteiger partial charge on any atom is 0.276 e. The van der Waals surface area contributed by atoms with Gasteiger partial charge >= 0.3 is 0 Å². The molecule has 0 fully saturated rings. The number of hydrogen-bond donors (Lipinski definition) is 1. The molecule has 4 rings (SSSR count). The zero-order valence-corrected chi connectivity index (χ0v) is 14.5. The fourth-order valence-corrected chi connectivity index (χ4v) is 3.46. The van der Waals surface area contributed by atoms with Crippen molar-refractivity contribution in [3.63, 3.8) is 0 Å². The number of carbonyl (C=O) groups is 1. The molecule has 1 aliphatic rings. The van der Waals surface area contributed by atoms with Gasteiger partial charge in [-0.15, -0.1) is 0 Å². The van der Waals surface area contributed by atoms with Crippen LogP contribution in [0.15, 0.2) is 53.3 Å². The molecule has 120 valence electrons. The Morgan fingerprint density at radius 2 is 2.12 bits per heavy atom. The number of hydrogen-bond acceptors (Lipinski definition) is 3. The topological polar surface area (TPSA) is 59.8 Å². The average molecular weight is 383 g/mol. The minimum absolute atomic E-state index is 0.185. The van der Waals surface area contributed by atoms with Crippen molar-refractivity contribution in [3.8, 4) is 5.69 Å². The van der Waals surface area contributed by atoms with Gasteiger partial charge in [-0.1, -0.05) is 22.0 Å². The maximum atomic E-state index is 12.7. The number of halogens is 1. The van der Waals surface area contributed by atoms with E-state index in [9.17, 15) is 4.79 Å². The van der Waals surface area contributed by atoms with E-state index in [2.05, 4.69) is 31.3 Å². The van der Waals surface area contributed by atoms with Gasteiger partial charge in [0, 0.05) is 21.9 Å². The molecule has 3 aromatic rings. The lowest BCUT2D eigenvalue weighted by molar-refractivity contribution is 0.102. The molecule has 2 heterocycles. The molecule has 0 saturated carbocycles. The second-order valence-corrected chi connectivity index (χ2v) is 6.63. The monoisotopic (exact) mass is 382 g/mol. The second kappa shape index (κ2) is 6.20. The highest BCUT2D eigenvalue weighted by atomic mass is 79.9. The van der Waals surface area contributed by atoms with Gasteiger partial charge in [0.1, 0.15) is 0 Å². The summed E-state index contributed by atoms with van der Waals surface area (Å²) in [5.74, 6) is -0.185. The lowest BCUT2D eigenvalue weighted by atomic mass is 10.2. The van der Waals surface area contributed by atoms with Crippen LogP contribution < -0.4 is 5.32 Å². The summed E-state index contributed by atoms with van der Waals surface area (Å²) in [6.07, 6.45) is 6.18. The molecule has 1 amide bonds. The van der Waals surface area contributed by atoms with Crippen LogP contribution in [0, 0.1) is 0 Å². The third kappa shape index (κ3) is 2.73. The molecule has 1 N–H and O–H groups in total. The molecular formula is C18H15BrN4O. The first-order valence-corrected chi connectivity index (χ1v) is 8.60. The Kier molecular flexibility index (Phi) is 3.90. The number of rotatable bonds is 3. The van der Waals surface area contributed by atoms with Crippen molar-refractivity contribution in [2.45, 2.75) is 19.3 Å². The molecule has 0 unspecified atom stereocenters. The predicted octanol–water partition coefficient (Wildman–Crippen LogP) is 3.77. The zero-order chi connectivity index (χ0) is 16.5. The summed E-state index contributed by atoms with van der Waals surface area (Å²) in [6.45, 7) is 0. The van der Waals surface area contributed by atoms with E-state index in [1.165, 1.54) is 0 Å². The lowest BCUT2D eigenvalue weighted by Gasteiger charge is -2.06. The third-order valence-corrected chi connectivity index (χ3v) is 4.61.